The van der Waals surface area contributed by atoms with Crippen molar-refractivity contribution in [1.29, 1.82) is 0 Å². The normalized spacial score (nSPS) is 7.78. The molecule has 0 amide bonds. The van der Waals surface area contributed by atoms with E-state index in [1.807, 2.05) is 0 Å². The van der Waals surface area contributed by atoms with Crippen LogP contribution in [0.5, 0.6) is 0 Å². The lowest BCUT2D eigenvalue weighted by molar-refractivity contribution is -0.144. The Balaban J connectivity index is 0. The lowest BCUT2D eigenvalue weighted by Gasteiger charge is -1.96. The molecule has 0 aliphatic rings. The van der Waals surface area contributed by atoms with Gasteiger partial charge in [0.25, 0.3) is 0 Å². The van der Waals surface area contributed by atoms with Gasteiger partial charge in [0.2, 0.25) is 0 Å². The first-order chi connectivity index (χ1) is 3.81. The molecule has 0 aromatic rings. The number of carbonyl (C=O) groups is 1. The van der Waals surface area contributed by atoms with Crippen molar-refractivity contribution in [3.63, 3.8) is 0 Å². The van der Waals surface area contributed by atoms with E-state index in [9.17, 15) is 4.79 Å². The summed E-state index contributed by atoms with van der Waals surface area (Å²) in [5, 5.41) is 8.13. The highest BCUT2D eigenvalue weighted by Gasteiger charge is 1.93. The quantitative estimate of drug-likeness (QED) is 0.537. The van der Waals surface area contributed by atoms with Gasteiger partial charge in [-0.15, -0.1) is 0 Å². The maximum absolute atomic E-state index is 10.2. The van der Waals surface area contributed by atoms with Gasteiger partial charge < -0.3 is 16.0 Å². The Bertz CT molecular complexity index is 74.6. The molecule has 0 bridgehead atoms. The van der Waals surface area contributed by atoms with Crippen LogP contribution in [0.4, 0.5) is 0 Å². The highest BCUT2D eigenvalue weighted by atomic mass is 16.5. The Morgan fingerprint density at radius 2 is 2.22 bits per heavy atom. The minimum Gasteiger partial charge on any atom is -0.463 e. The summed E-state index contributed by atoms with van der Waals surface area (Å²) in [4.78, 5) is 10.2. The summed E-state index contributed by atoms with van der Waals surface area (Å²) in [6, 6.07) is 0. The van der Waals surface area contributed by atoms with Gasteiger partial charge in [-0.2, -0.15) is 0 Å². The summed E-state index contributed by atoms with van der Waals surface area (Å²) in [6.45, 7) is 1.73. The minimum atomic E-state index is -0.265. The van der Waals surface area contributed by atoms with Crippen LogP contribution in [0.15, 0.2) is 0 Å². The van der Waals surface area contributed by atoms with Gasteiger partial charge in [-0.05, 0) is 0 Å². The smallest absolute Gasteiger partial charge is 0.305 e. The average Bonchev–Trinajstić information content (AvgIpc) is 1.83. The summed E-state index contributed by atoms with van der Waals surface area (Å²) >= 11 is 0. The highest BCUT2D eigenvalue weighted by molar-refractivity contribution is 5.68. The Kier molecular flexibility index (Phi) is 9.21. The number of esters is 1. The van der Waals surface area contributed by atoms with Crippen LogP contribution in [-0.2, 0) is 9.53 Å². The molecule has 0 saturated heterocycles. The molecule has 0 saturated carbocycles. The Morgan fingerprint density at radius 1 is 1.67 bits per heavy atom. The van der Waals surface area contributed by atoms with E-state index in [1.165, 1.54) is 0 Å². The molecule has 0 heterocycles. The first kappa shape index (κ1) is 11.2. The molecular weight excluding hydrogens is 122 g/mol. The fourth-order valence-corrected chi connectivity index (χ4v) is 0.262. The van der Waals surface area contributed by atoms with Gasteiger partial charge in [0.05, 0.1) is 6.61 Å². The lowest BCUT2D eigenvalue weighted by Crippen LogP contribution is -2.06. The number of carbonyl (C=O) groups excluding carboxylic acids is 1. The molecule has 0 aliphatic carbocycles. The summed E-state index contributed by atoms with van der Waals surface area (Å²) < 4.78 is 4.45. The van der Waals surface area contributed by atoms with Crippen molar-refractivity contribution in [2.75, 3.05) is 13.2 Å². The molecule has 56 valence electrons. The van der Waals surface area contributed by atoms with Gasteiger partial charge in [0.1, 0.15) is 6.61 Å². The van der Waals surface area contributed by atoms with Gasteiger partial charge in [0.15, 0.2) is 0 Å². The fraction of sp³-hybridized carbons (Fsp3) is 0.800. The average molecular weight is 135 g/mol. The van der Waals surface area contributed by atoms with E-state index in [2.05, 4.69) is 4.74 Å². The number of hydrogen-bond donors (Lipinski definition) is 2. The van der Waals surface area contributed by atoms with E-state index >= 15 is 0 Å². The van der Waals surface area contributed by atoms with Crippen molar-refractivity contribution < 1.29 is 14.6 Å². The summed E-state index contributed by atoms with van der Waals surface area (Å²) in [5.74, 6) is -0.265. The standard InChI is InChI=1S/C5H10O3.H3N/c1-2-5(7)8-4-3-6;/h6H,2-4H2,1H3;1H3. The number of aliphatic hydroxyl groups excluding tert-OH is 1. The molecule has 0 atom stereocenters. The molecule has 0 aromatic heterocycles. The second kappa shape index (κ2) is 7.39. The molecule has 0 spiro atoms. The molecule has 4 nitrogen and oxygen atoms in total. The summed E-state index contributed by atoms with van der Waals surface area (Å²) in [6.07, 6.45) is 0.375. The summed E-state index contributed by atoms with van der Waals surface area (Å²) in [7, 11) is 0. The zero-order chi connectivity index (χ0) is 6.41. The maximum atomic E-state index is 10.2. The largest absolute Gasteiger partial charge is 0.463 e. The van der Waals surface area contributed by atoms with Crippen molar-refractivity contribution in [3.05, 3.63) is 0 Å². The van der Waals surface area contributed by atoms with Crippen molar-refractivity contribution in [2.24, 2.45) is 0 Å². The van der Waals surface area contributed by atoms with Crippen molar-refractivity contribution in [1.82, 2.24) is 6.15 Å². The SMILES string of the molecule is CCC(=O)OCCO.N. The van der Waals surface area contributed by atoms with Crippen LogP contribution in [0.25, 0.3) is 0 Å². The zero-order valence-corrected chi connectivity index (χ0v) is 5.59. The zero-order valence-electron chi connectivity index (χ0n) is 5.59. The van der Waals surface area contributed by atoms with Crippen molar-refractivity contribution >= 4 is 5.97 Å². The van der Waals surface area contributed by atoms with Gasteiger partial charge in [-0.25, -0.2) is 0 Å². The van der Waals surface area contributed by atoms with Gasteiger partial charge in [-0.1, -0.05) is 6.92 Å². The number of aliphatic hydroxyl groups is 1. The number of rotatable bonds is 3. The van der Waals surface area contributed by atoms with Crippen molar-refractivity contribution in [2.45, 2.75) is 13.3 Å². The Morgan fingerprint density at radius 3 is 2.56 bits per heavy atom. The fourth-order valence-electron chi connectivity index (χ4n) is 0.262. The topological polar surface area (TPSA) is 81.5 Å². The van der Waals surface area contributed by atoms with Crippen LogP contribution in [0.2, 0.25) is 0 Å². The first-order valence-electron chi connectivity index (χ1n) is 2.57. The highest BCUT2D eigenvalue weighted by Crippen LogP contribution is 1.81. The monoisotopic (exact) mass is 135 g/mol. The maximum Gasteiger partial charge on any atom is 0.305 e. The number of hydrogen-bond acceptors (Lipinski definition) is 4. The van der Waals surface area contributed by atoms with E-state index in [0.717, 1.165) is 0 Å². The molecule has 0 unspecified atom stereocenters. The van der Waals surface area contributed by atoms with E-state index in [-0.39, 0.29) is 25.3 Å². The molecule has 4 N–H and O–H groups in total. The molecule has 0 rings (SSSR count). The van der Waals surface area contributed by atoms with Crippen LogP contribution in [0.1, 0.15) is 13.3 Å². The minimum absolute atomic E-state index is 0. The van der Waals surface area contributed by atoms with Crippen molar-refractivity contribution in [3.8, 4) is 0 Å². The van der Waals surface area contributed by atoms with Crippen LogP contribution in [0.3, 0.4) is 0 Å². The number of ether oxygens (including phenoxy) is 1. The van der Waals surface area contributed by atoms with Gasteiger partial charge in [-0.3, -0.25) is 4.79 Å². The molecule has 0 aliphatic heterocycles. The first-order valence-corrected chi connectivity index (χ1v) is 2.57. The molecule has 9 heavy (non-hydrogen) atoms. The molecule has 0 aromatic carbocycles. The van der Waals surface area contributed by atoms with Gasteiger partial charge >= 0.3 is 5.97 Å². The second-order valence-electron chi connectivity index (χ2n) is 1.30. The third kappa shape index (κ3) is 7.39. The van der Waals surface area contributed by atoms with Crippen LogP contribution in [-0.4, -0.2) is 24.3 Å². The third-order valence-corrected chi connectivity index (χ3v) is 0.643. The van der Waals surface area contributed by atoms with Crippen LogP contribution < -0.4 is 6.15 Å². The Labute approximate surface area is 54.4 Å². The van der Waals surface area contributed by atoms with E-state index in [0.29, 0.717) is 6.42 Å². The van der Waals surface area contributed by atoms with Crippen LogP contribution in [0, 0.1) is 0 Å². The molecular formula is C5H13NO3. The molecule has 4 heteroatoms. The lowest BCUT2D eigenvalue weighted by atomic mass is 10.5. The van der Waals surface area contributed by atoms with E-state index in [1.54, 1.807) is 6.92 Å². The predicted molar refractivity (Wildman–Crippen MR) is 33.4 cm³/mol. The second-order valence-corrected chi connectivity index (χ2v) is 1.30. The van der Waals surface area contributed by atoms with E-state index < -0.39 is 0 Å². The van der Waals surface area contributed by atoms with Gasteiger partial charge in [0, 0.05) is 6.42 Å². The molecule has 0 radical (unpaired) electrons. The third-order valence-electron chi connectivity index (χ3n) is 0.643. The van der Waals surface area contributed by atoms with Crippen LogP contribution >= 0.6 is 0 Å². The predicted octanol–water partition coefficient (Wildman–Crippen LogP) is 0.0939. The molecule has 0 fully saturated rings. The Hall–Kier alpha value is -0.610. The summed E-state index contributed by atoms with van der Waals surface area (Å²) in [5.41, 5.74) is 0. The van der Waals surface area contributed by atoms with E-state index in [4.69, 9.17) is 5.11 Å².